The summed E-state index contributed by atoms with van der Waals surface area (Å²) >= 11 is 6.36. The number of hydrogen-bond donors (Lipinski definition) is 0. The molecule has 1 unspecified atom stereocenters. The fourth-order valence-electron chi connectivity index (χ4n) is 3.82. The number of halogens is 1. The van der Waals surface area contributed by atoms with Crippen LogP contribution in [-0.2, 0) is 11.3 Å². The lowest BCUT2D eigenvalue weighted by molar-refractivity contribution is 0.147. The van der Waals surface area contributed by atoms with E-state index in [9.17, 15) is 4.79 Å². The Labute approximate surface area is 213 Å². The predicted molar refractivity (Wildman–Crippen MR) is 140 cm³/mol. The Bertz CT molecular complexity index is 1040. The number of allylic oxidation sites excluding steroid dienone is 3. The monoisotopic (exact) mass is 499 g/mol. The van der Waals surface area contributed by atoms with Gasteiger partial charge in [-0.15, -0.1) is 9.97 Å². The number of aromatic nitrogens is 4. The van der Waals surface area contributed by atoms with Gasteiger partial charge in [-0.1, -0.05) is 45.3 Å². The minimum atomic E-state index is -0.498. The minimum Gasteiger partial charge on any atom is -0.381 e. The Kier molecular flexibility index (Phi) is 9.74. The Morgan fingerprint density at radius 1 is 1.20 bits per heavy atom. The van der Waals surface area contributed by atoms with Crippen LogP contribution in [0.15, 0.2) is 48.4 Å². The summed E-state index contributed by atoms with van der Waals surface area (Å²) in [4.78, 5) is 33.1. The molecule has 0 bridgehead atoms. The molecule has 0 radical (unpaired) electrons. The normalized spacial score (nSPS) is 14.4. The number of nitrogens with zero attached hydrogens (tertiary/aromatic N) is 6. The molecule has 1 aliphatic rings. The predicted octanol–water partition coefficient (Wildman–Crippen LogP) is 6.08. The van der Waals surface area contributed by atoms with Gasteiger partial charge in [0.05, 0.1) is 26.3 Å². The van der Waals surface area contributed by atoms with Crippen molar-refractivity contribution >= 4 is 29.6 Å². The van der Waals surface area contributed by atoms with Crippen LogP contribution < -0.4 is 9.38 Å². The molecule has 2 aromatic heterocycles. The van der Waals surface area contributed by atoms with Crippen molar-refractivity contribution < 1.29 is 9.53 Å². The third-order valence-corrected chi connectivity index (χ3v) is 6.26. The maximum atomic E-state index is 13.1. The highest BCUT2D eigenvalue weighted by Gasteiger charge is 2.37. The first kappa shape index (κ1) is 26.8. The zero-order valence-corrected chi connectivity index (χ0v) is 21.9. The average Bonchev–Trinajstić information content (AvgIpc) is 2.86. The summed E-state index contributed by atoms with van der Waals surface area (Å²) in [6.07, 6.45) is 13.2. The number of carbonyl (C=O) groups excluding carboxylic acids is 1. The Morgan fingerprint density at radius 2 is 2.03 bits per heavy atom. The molecule has 188 valence electrons. The molecular weight excluding hydrogens is 464 g/mol. The van der Waals surface area contributed by atoms with E-state index in [4.69, 9.17) is 21.3 Å². The van der Waals surface area contributed by atoms with Crippen molar-refractivity contribution in [3.63, 3.8) is 0 Å². The standard InChI is InChI=1S/C26H36ClN6O2/c1-5-7-13-20(6-2)18-32(19-21-14-11-12-17-28-21)24-29-23(27)30-25(31-24)33(3,4)26(34)35-22-15-9-8-10-16-22/h9,11-12,14-17,20H,5-8,10,13,18-19H2,1-4H3/q+1. The van der Waals surface area contributed by atoms with E-state index in [0.29, 0.717) is 24.2 Å². The maximum Gasteiger partial charge on any atom is 0.528 e. The summed E-state index contributed by atoms with van der Waals surface area (Å²) in [5, 5.41) is 0.0356. The van der Waals surface area contributed by atoms with Crippen molar-refractivity contribution in [1.82, 2.24) is 24.4 Å². The van der Waals surface area contributed by atoms with Crippen molar-refractivity contribution in [2.45, 2.75) is 58.9 Å². The smallest absolute Gasteiger partial charge is 0.381 e. The largest absolute Gasteiger partial charge is 0.528 e. The van der Waals surface area contributed by atoms with Crippen LogP contribution in [0.2, 0.25) is 5.28 Å². The molecule has 0 N–H and O–H groups in total. The molecule has 8 nitrogen and oxygen atoms in total. The van der Waals surface area contributed by atoms with Crippen molar-refractivity contribution in [2.75, 3.05) is 25.5 Å². The fraction of sp³-hybridized carbons (Fsp3) is 0.500. The van der Waals surface area contributed by atoms with Gasteiger partial charge >= 0.3 is 12.0 Å². The molecule has 2 aromatic rings. The lowest BCUT2D eigenvalue weighted by Crippen LogP contribution is -2.48. The average molecular weight is 500 g/mol. The van der Waals surface area contributed by atoms with E-state index in [-0.39, 0.29) is 15.7 Å². The van der Waals surface area contributed by atoms with Gasteiger partial charge in [-0.3, -0.25) is 4.98 Å². The van der Waals surface area contributed by atoms with Gasteiger partial charge in [0, 0.05) is 12.7 Å². The first-order chi connectivity index (χ1) is 16.8. The molecule has 0 fully saturated rings. The highest BCUT2D eigenvalue weighted by atomic mass is 35.5. The summed E-state index contributed by atoms with van der Waals surface area (Å²) in [7, 11) is 3.37. The minimum absolute atomic E-state index is 0.0356. The molecule has 0 saturated carbocycles. The summed E-state index contributed by atoms with van der Waals surface area (Å²) < 4.78 is 5.28. The number of unbranched alkanes of at least 4 members (excludes halogenated alkanes) is 1. The second-order valence-corrected chi connectivity index (χ2v) is 9.57. The van der Waals surface area contributed by atoms with E-state index in [0.717, 1.165) is 44.3 Å². The first-order valence-electron chi connectivity index (χ1n) is 12.3. The second kappa shape index (κ2) is 12.7. The molecule has 0 saturated heterocycles. The zero-order chi connectivity index (χ0) is 25.3. The zero-order valence-electron chi connectivity index (χ0n) is 21.2. The lowest BCUT2D eigenvalue weighted by atomic mass is 9.99. The van der Waals surface area contributed by atoms with Crippen molar-refractivity contribution in [1.29, 1.82) is 0 Å². The summed E-state index contributed by atoms with van der Waals surface area (Å²) in [6, 6.07) is 5.84. The molecule has 2 heterocycles. The van der Waals surface area contributed by atoms with Crippen LogP contribution in [0.25, 0.3) is 0 Å². The van der Waals surface area contributed by atoms with Gasteiger partial charge in [0.15, 0.2) is 0 Å². The highest BCUT2D eigenvalue weighted by Crippen LogP contribution is 2.25. The molecule has 9 heteroatoms. The van der Waals surface area contributed by atoms with Gasteiger partial charge in [0.1, 0.15) is 5.76 Å². The quantitative estimate of drug-likeness (QED) is 0.346. The van der Waals surface area contributed by atoms with Crippen LogP contribution in [0.3, 0.4) is 0 Å². The highest BCUT2D eigenvalue weighted by molar-refractivity contribution is 6.28. The van der Waals surface area contributed by atoms with Crippen LogP contribution in [-0.4, -0.2) is 46.7 Å². The molecule has 0 aromatic carbocycles. The number of anilines is 1. The number of amides is 1. The molecule has 35 heavy (non-hydrogen) atoms. The molecule has 1 amide bonds. The van der Waals surface area contributed by atoms with Gasteiger partial charge in [-0.25, -0.2) is 0 Å². The second-order valence-electron chi connectivity index (χ2n) is 9.23. The van der Waals surface area contributed by atoms with E-state index >= 15 is 0 Å². The Hall–Kier alpha value is -2.84. The fourth-order valence-corrected chi connectivity index (χ4v) is 3.97. The molecule has 1 atom stereocenters. The first-order valence-corrected chi connectivity index (χ1v) is 12.7. The van der Waals surface area contributed by atoms with E-state index in [1.165, 1.54) is 6.42 Å². The van der Waals surface area contributed by atoms with Crippen LogP contribution in [0.5, 0.6) is 0 Å². The van der Waals surface area contributed by atoms with Crippen LogP contribution in [0, 0.1) is 5.92 Å². The third-order valence-electron chi connectivity index (χ3n) is 6.09. The van der Waals surface area contributed by atoms with E-state index in [2.05, 4.69) is 33.7 Å². The van der Waals surface area contributed by atoms with Gasteiger partial charge in [0.2, 0.25) is 11.2 Å². The molecular formula is C26H36ClN6O2+. The van der Waals surface area contributed by atoms with Crippen LogP contribution in [0.1, 0.15) is 58.1 Å². The van der Waals surface area contributed by atoms with Crippen molar-refractivity contribution in [2.24, 2.45) is 5.92 Å². The number of pyridine rings is 1. The number of rotatable bonds is 11. The third kappa shape index (κ3) is 7.57. The van der Waals surface area contributed by atoms with Gasteiger partial charge in [0.25, 0.3) is 0 Å². The van der Waals surface area contributed by atoms with E-state index in [1.54, 1.807) is 20.3 Å². The topological polar surface area (TPSA) is 81.1 Å². The van der Waals surface area contributed by atoms with Gasteiger partial charge in [-0.05, 0) is 61.1 Å². The number of carbonyl (C=O) groups is 1. The van der Waals surface area contributed by atoms with Gasteiger partial charge in [-0.2, -0.15) is 14.3 Å². The van der Waals surface area contributed by atoms with Crippen LogP contribution >= 0.6 is 11.6 Å². The number of hydrogen-bond acceptors (Lipinski definition) is 7. The lowest BCUT2D eigenvalue weighted by Gasteiger charge is -2.28. The van der Waals surface area contributed by atoms with Gasteiger partial charge < -0.3 is 9.64 Å². The van der Waals surface area contributed by atoms with E-state index < -0.39 is 6.09 Å². The van der Waals surface area contributed by atoms with Crippen LogP contribution in [0.4, 0.5) is 16.7 Å². The van der Waals surface area contributed by atoms with E-state index in [1.807, 2.05) is 36.4 Å². The Balaban J connectivity index is 1.91. The number of ether oxygens (including phenoxy) is 1. The SMILES string of the molecule is CCCCC(CC)CN(Cc1ccccn1)c1nc(Cl)nc([N+](C)(C)C(=O)OC2=CCCC=C2)n1. The molecule has 3 rings (SSSR count). The Morgan fingerprint density at radius 3 is 2.69 bits per heavy atom. The van der Waals surface area contributed by atoms with Crippen molar-refractivity contribution in [3.8, 4) is 0 Å². The van der Waals surface area contributed by atoms with Crippen molar-refractivity contribution in [3.05, 3.63) is 59.4 Å². The molecule has 0 spiro atoms. The summed E-state index contributed by atoms with van der Waals surface area (Å²) in [5.41, 5.74) is 0.903. The summed E-state index contributed by atoms with van der Waals surface area (Å²) in [5.74, 6) is 1.65. The molecule has 0 aliphatic heterocycles. The summed E-state index contributed by atoms with van der Waals surface area (Å²) in [6.45, 7) is 5.69. The molecule has 1 aliphatic carbocycles. The maximum absolute atomic E-state index is 13.1. The number of quaternary nitrogens is 1.